The maximum atomic E-state index is 11.6. The van der Waals surface area contributed by atoms with E-state index in [1.165, 1.54) is 24.2 Å². The lowest BCUT2D eigenvalue weighted by molar-refractivity contribution is -0.115. The summed E-state index contributed by atoms with van der Waals surface area (Å²) in [7, 11) is 0. The molecule has 1 saturated carbocycles. The minimum atomic E-state index is -0.0176. The van der Waals surface area contributed by atoms with E-state index in [2.05, 4.69) is 15.6 Å². The van der Waals surface area contributed by atoms with E-state index >= 15 is 0 Å². The van der Waals surface area contributed by atoms with E-state index in [1.54, 1.807) is 0 Å². The molecule has 2 N–H and O–H groups in total. The number of hydrogen-bond acceptors (Lipinski definition) is 4. The molecule has 0 saturated heterocycles. The molecule has 0 spiro atoms. The van der Waals surface area contributed by atoms with Crippen LogP contribution in [0.25, 0.3) is 10.2 Å². The quantitative estimate of drug-likeness (QED) is 0.868. The Hall–Kier alpha value is -1.46. The maximum absolute atomic E-state index is 11.6. The van der Waals surface area contributed by atoms with Crippen LogP contribution >= 0.6 is 11.3 Å². The van der Waals surface area contributed by atoms with E-state index in [-0.39, 0.29) is 5.91 Å². The molecule has 17 heavy (non-hydrogen) atoms. The van der Waals surface area contributed by atoms with Gasteiger partial charge in [0.15, 0.2) is 5.13 Å². The van der Waals surface area contributed by atoms with Crippen molar-refractivity contribution >= 4 is 32.6 Å². The van der Waals surface area contributed by atoms with Gasteiger partial charge in [-0.25, -0.2) is 4.98 Å². The Morgan fingerprint density at radius 1 is 1.41 bits per heavy atom. The zero-order chi connectivity index (χ0) is 11.7. The van der Waals surface area contributed by atoms with Crippen molar-refractivity contribution in [3.05, 3.63) is 24.3 Å². The number of para-hydroxylation sites is 1. The van der Waals surface area contributed by atoms with Crippen LogP contribution in [0, 0.1) is 0 Å². The molecule has 4 nitrogen and oxygen atoms in total. The second kappa shape index (κ2) is 4.43. The number of nitrogens with zero attached hydrogens (tertiary/aromatic N) is 1. The van der Waals surface area contributed by atoms with Crippen LogP contribution in [0.3, 0.4) is 0 Å². The topological polar surface area (TPSA) is 54.0 Å². The molecule has 5 heteroatoms. The van der Waals surface area contributed by atoms with Crippen molar-refractivity contribution in [3.63, 3.8) is 0 Å². The summed E-state index contributed by atoms with van der Waals surface area (Å²) in [5.74, 6) is -0.0176. The Bertz CT molecular complexity index is 514. The van der Waals surface area contributed by atoms with Crippen molar-refractivity contribution in [1.82, 2.24) is 10.3 Å². The van der Waals surface area contributed by atoms with E-state index in [0.29, 0.717) is 17.7 Å². The van der Waals surface area contributed by atoms with Crippen LogP contribution in [-0.2, 0) is 4.79 Å². The monoisotopic (exact) mass is 247 g/mol. The van der Waals surface area contributed by atoms with E-state index < -0.39 is 0 Å². The van der Waals surface area contributed by atoms with Gasteiger partial charge in [0, 0.05) is 6.04 Å². The fraction of sp³-hybridized carbons (Fsp3) is 0.333. The summed E-state index contributed by atoms with van der Waals surface area (Å²) >= 11 is 1.50. The molecule has 3 rings (SSSR count). The van der Waals surface area contributed by atoms with Gasteiger partial charge in [-0.2, -0.15) is 0 Å². The second-order valence-corrected chi connectivity index (χ2v) is 5.22. The third-order valence-electron chi connectivity index (χ3n) is 2.67. The van der Waals surface area contributed by atoms with E-state index in [0.717, 1.165) is 10.2 Å². The van der Waals surface area contributed by atoms with Crippen LogP contribution in [0.4, 0.5) is 5.13 Å². The molecule has 1 amide bonds. The molecule has 1 aliphatic carbocycles. The van der Waals surface area contributed by atoms with E-state index in [9.17, 15) is 4.79 Å². The fourth-order valence-corrected chi connectivity index (χ4v) is 2.50. The first kappa shape index (κ1) is 10.7. The molecule has 1 aliphatic rings. The highest BCUT2D eigenvalue weighted by Gasteiger charge is 2.21. The van der Waals surface area contributed by atoms with Crippen molar-refractivity contribution in [3.8, 4) is 0 Å². The molecule has 0 atom stereocenters. The average molecular weight is 247 g/mol. The van der Waals surface area contributed by atoms with Crippen LogP contribution < -0.4 is 10.6 Å². The first-order chi connectivity index (χ1) is 8.31. The Balaban J connectivity index is 1.64. The zero-order valence-electron chi connectivity index (χ0n) is 9.27. The smallest absolute Gasteiger partial charge is 0.240 e. The Labute approximate surface area is 103 Å². The minimum Gasteiger partial charge on any atom is -0.306 e. The minimum absolute atomic E-state index is 0.0176. The highest BCUT2D eigenvalue weighted by atomic mass is 32.1. The van der Waals surface area contributed by atoms with Gasteiger partial charge in [0.05, 0.1) is 16.8 Å². The molecular weight excluding hydrogens is 234 g/mol. The molecule has 0 bridgehead atoms. The zero-order valence-corrected chi connectivity index (χ0v) is 10.1. The lowest BCUT2D eigenvalue weighted by atomic mass is 10.3. The van der Waals surface area contributed by atoms with Gasteiger partial charge >= 0.3 is 0 Å². The summed E-state index contributed by atoms with van der Waals surface area (Å²) in [6, 6.07) is 8.43. The third-order valence-corrected chi connectivity index (χ3v) is 3.62. The number of amides is 1. The predicted octanol–water partition coefficient (Wildman–Crippen LogP) is 1.99. The summed E-state index contributed by atoms with van der Waals surface area (Å²) in [4.78, 5) is 16.0. The van der Waals surface area contributed by atoms with Crippen molar-refractivity contribution in [2.45, 2.75) is 18.9 Å². The van der Waals surface area contributed by atoms with Crippen LogP contribution in [0.15, 0.2) is 24.3 Å². The molecule has 88 valence electrons. The van der Waals surface area contributed by atoms with Crippen LogP contribution in [0.2, 0.25) is 0 Å². The van der Waals surface area contributed by atoms with Crippen molar-refractivity contribution in [2.75, 3.05) is 11.9 Å². The number of fused-ring (bicyclic) bond motifs is 1. The van der Waals surface area contributed by atoms with Crippen LogP contribution in [0.5, 0.6) is 0 Å². The number of benzene rings is 1. The highest BCUT2D eigenvalue weighted by molar-refractivity contribution is 7.22. The third kappa shape index (κ3) is 2.62. The van der Waals surface area contributed by atoms with Gasteiger partial charge < -0.3 is 10.6 Å². The average Bonchev–Trinajstić information content (AvgIpc) is 3.06. The lowest BCUT2D eigenvalue weighted by Crippen LogP contribution is -2.29. The summed E-state index contributed by atoms with van der Waals surface area (Å²) in [5, 5.41) is 6.67. The van der Waals surface area contributed by atoms with E-state index in [4.69, 9.17) is 0 Å². The maximum Gasteiger partial charge on any atom is 0.240 e. The summed E-state index contributed by atoms with van der Waals surface area (Å²) in [6.07, 6.45) is 2.38. The number of carbonyl (C=O) groups excluding carboxylic acids is 1. The van der Waals surface area contributed by atoms with Crippen LogP contribution in [-0.4, -0.2) is 23.5 Å². The standard InChI is InChI=1S/C12H13N3OS/c16-11(7-13-8-5-6-8)15-12-14-9-3-1-2-4-10(9)17-12/h1-4,8,13H,5-7H2,(H,14,15,16). The first-order valence-electron chi connectivity index (χ1n) is 5.70. The van der Waals surface area contributed by atoms with Gasteiger partial charge in [0.2, 0.25) is 5.91 Å². The number of hydrogen-bond donors (Lipinski definition) is 2. The first-order valence-corrected chi connectivity index (χ1v) is 6.52. The highest BCUT2D eigenvalue weighted by Crippen LogP contribution is 2.25. The number of nitrogens with one attached hydrogen (secondary N) is 2. The number of rotatable bonds is 4. The molecule has 1 aromatic carbocycles. The van der Waals surface area contributed by atoms with Crippen LogP contribution in [0.1, 0.15) is 12.8 Å². The Morgan fingerprint density at radius 2 is 2.24 bits per heavy atom. The van der Waals surface area contributed by atoms with Gasteiger partial charge in [0.25, 0.3) is 0 Å². The lowest BCUT2D eigenvalue weighted by Gasteiger charge is -2.01. The largest absolute Gasteiger partial charge is 0.306 e. The van der Waals surface area contributed by atoms with Gasteiger partial charge in [-0.05, 0) is 25.0 Å². The van der Waals surface area contributed by atoms with Gasteiger partial charge in [-0.1, -0.05) is 23.5 Å². The molecular formula is C12H13N3OS. The molecule has 1 fully saturated rings. The molecule has 0 radical (unpaired) electrons. The SMILES string of the molecule is O=C(CNC1CC1)Nc1nc2ccccc2s1. The molecule has 0 unspecified atom stereocenters. The van der Waals surface area contributed by atoms with Crippen molar-refractivity contribution < 1.29 is 4.79 Å². The number of aromatic nitrogens is 1. The second-order valence-electron chi connectivity index (χ2n) is 4.19. The van der Waals surface area contributed by atoms with Gasteiger partial charge in [-0.15, -0.1) is 0 Å². The van der Waals surface area contributed by atoms with Gasteiger partial charge in [-0.3, -0.25) is 4.79 Å². The van der Waals surface area contributed by atoms with E-state index in [1.807, 2.05) is 24.3 Å². The molecule has 1 heterocycles. The number of thiazole rings is 1. The predicted molar refractivity (Wildman–Crippen MR) is 69.3 cm³/mol. The Morgan fingerprint density at radius 3 is 3.00 bits per heavy atom. The van der Waals surface area contributed by atoms with Gasteiger partial charge in [0.1, 0.15) is 0 Å². The number of carbonyl (C=O) groups is 1. The summed E-state index contributed by atoms with van der Waals surface area (Å²) < 4.78 is 1.10. The molecule has 0 aliphatic heterocycles. The van der Waals surface area contributed by atoms with Crippen molar-refractivity contribution in [2.24, 2.45) is 0 Å². The fourth-order valence-electron chi connectivity index (χ4n) is 1.61. The molecule has 2 aromatic rings. The molecule has 1 aromatic heterocycles. The summed E-state index contributed by atoms with van der Waals surface area (Å²) in [6.45, 7) is 0.376. The Kier molecular flexibility index (Phi) is 2.78. The summed E-state index contributed by atoms with van der Waals surface area (Å²) in [5.41, 5.74) is 0.933. The van der Waals surface area contributed by atoms with Crippen molar-refractivity contribution in [1.29, 1.82) is 0 Å². The number of anilines is 1. The normalized spacial score (nSPS) is 15.1.